The van der Waals surface area contributed by atoms with Gasteiger partial charge in [0.1, 0.15) is 11.4 Å². The topological polar surface area (TPSA) is 103 Å². The van der Waals surface area contributed by atoms with Crippen molar-refractivity contribution < 1.29 is 23.2 Å². The summed E-state index contributed by atoms with van der Waals surface area (Å²) in [7, 11) is 0. The standard InChI is InChI=1S/C17H12Cl2F3N5O2/c18-8-3-1-4-9(19)13(8)15(28)24-10-5-2-6-11-14(10)25-16(17(20,21)22)27(11)7-12(23)26-29/h1-6,29H,7H2,(H2,23,26)(H,24,28). The van der Waals surface area contributed by atoms with Gasteiger partial charge in [-0.25, -0.2) is 4.98 Å². The Labute approximate surface area is 171 Å². The van der Waals surface area contributed by atoms with E-state index in [2.05, 4.69) is 10.3 Å². The van der Waals surface area contributed by atoms with Crippen molar-refractivity contribution in [2.45, 2.75) is 12.7 Å². The van der Waals surface area contributed by atoms with Crippen LogP contribution in [0, 0.1) is 5.41 Å². The first-order valence-corrected chi connectivity index (χ1v) is 8.68. The quantitative estimate of drug-likeness (QED) is 0.268. The Balaban J connectivity index is 2.10. The smallest absolute Gasteiger partial charge is 0.320 e. The van der Waals surface area contributed by atoms with E-state index in [9.17, 15) is 18.0 Å². The Bertz CT molecular complexity index is 1090. The first-order valence-electron chi connectivity index (χ1n) is 7.92. The summed E-state index contributed by atoms with van der Waals surface area (Å²) in [5.41, 5.74) is 1.31. The molecule has 0 saturated heterocycles. The zero-order chi connectivity index (χ0) is 21.3. The molecule has 0 fully saturated rings. The average molecular weight is 446 g/mol. The molecule has 29 heavy (non-hydrogen) atoms. The van der Waals surface area contributed by atoms with Gasteiger partial charge in [-0.05, 0) is 24.3 Å². The number of rotatable bonds is 4. The van der Waals surface area contributed by atoms with E-state index < -0.39 is 30.3 Å². The summed E-state index contributed by atoms with van der Waals surface area (Å²) in [6.45, 7) is -0.615. The lowest BCUT2D eigenvalue weighted by molar-refractivity contribution is -0.146. The number of fused-ring (bicyclic) bond motifs is 1. The molecule has 0 atom stereocenters. The number of imidazole rings is 1. The number of carbonyl (C=O) groups excluding carboxylic acids is 1. The molecule has 0 unspecified atom stereocenters. The van der Waals surface area contributed by atoms with Crippen LogP contribution in [0.25, 0.3) is 11.0 Å². The zero-order valence-electron chi connectivity index (χ0n) is 14.3. The number of hydrogen-bond acceptors (Lipinski definition) is 4. The number of amides is 1. The van der Waals surface area contributed by atoms with Crippen molar-refractivity contribution in [3.05, 3.63) is 57.8 Å². The van der Waals surface area contributed by atoms with Gasteiger partial charge in [-0.1, -0.05) is 35.3 Å². The molecule has 7 nitrogen and oxygen atoms in total. The molecular formula is C17H12Cl2F3N5O2. The summed E-state index contributed by atoms with van der Waals surface area (Å²) >= 11 is 12.0. The van der Waals surface area contributed by atoms with Gasteiger partial charge in [0, 0.05) is 0 Å². The van der Waals surface area contributed by atoms with Crippen LogP contribution < -0.4 is 10.8 Å². The molecular weight excluding hydrogens is 434 g/mol. The highest BCUT2D eigenvalue weighted by Crippen LogP contribution is 2.34. The maximum atomic E-state index is 13.4. The van der Waals surface area contributed by atoms with Gasteiger partial charge in [0.25, 0.3) is 5.91 Å². The van der Waals surface area contributed by atoms with E-state index in [1.165, 1.54) is 35.8 Å². The van der Waals surface area contributed by atoms with Gasteiger partial charge >= 0.3 is 6.18 Å². The Hall–Kier alpha value is -2.82. The number of aromatic nitrogens is 2. The maximum absolute atomic E-state index is 13.4. The summed E-state index contributed by atoms with van der Waals surface area (Å²) in [4.78, 5) is 16.2. The normalized spacial score (nSPS) is 11.5. The monoisotopic (exact) mass is 445 g/mol. The number of nitrogens with one attached hydrogen (secondary N) is 3. The van der Waals surface area contributed by atoms with Crippen molar-refractivity contribution in [2.24, 2.45) is 0 Å². The zero-order valence-corrected chi connectivity index (χ0v) is 15.8. The van der Waals surface area contributed by atoms with Crippen molar-refractivity contribution in [1.82, 2.24) is 15.0 Å². The molecule has 0 aliphatic heterocycles. The Morgan fingerprint density at radius 1 is 1.17 bits per heavy atom. The fourth-order valence-electron chi connectivity index (χ4n) is 2.72. The number of para-hydroxylation sites is 1. The molecule has 0 aliphatic rings. The molecule has 3 aromatic rings. The summed E-state index contributed by atoms with van der Waals surface area (Å²) in [5, 5.41) is 18.8. The molecule has 0 spiro atoms. The SMILES string of the molecule is N=C(Cn1c(C(F)(F)F)nc2c(NC(=O)c3c(Cl)cccc3Cl)cccc21)NO. The van der Waals surface area contributed by atoms with E-state index in [4.69, 9.17) is 33.8 Å². The lowest BCUT2D eigenvalue weighted by atomic mass is 10.2. The number of alkyl halides is 3. The van der Waals surface area contributed by atoms with E-state index >= 15 is 0 Å². The van der Waals surface area contributed by atoms with Gasteiger partial charge in [-0.15, -0.1) is 0 Å². The third-order valence-corrected chi connectivity index (χ3v) is 4.55. The van der Waals surface area contributed by atoms with Crippen LogP contribution in [0.15, 0.2) is 36.4 Å². The average Bonchev–Trinajstić information content (AvgIpc) is 3.01. The highest BCUT2D eigenvalue weighted by Gasteiger charge is 2.38. The van der Waals surface area contributed by atoms with Crippen molar-refractivity contribution in [2.75, 3.05) is 5.32 Å². The van der Waals surface area contributed by atoms with Crippen LogP contribution in [0.1, 0.15) is 16.2 Å². The Morgan fingerprint density at radius 3 is 2.38 bits per heavy atom. The minimum Gasteiger partial charge on any atom is -0.320 e. The van der Waals surface area contributed by atoms with Crippen molar-refractivity contribution in [3.63, 3.8) is 0 Å². The van der Waals surface area contributed by atoms with Gasteiger partial charge in [0.15, 0.2) is 0 Å². The molecule has 1 aromatic heterocycles. The third kappa shape index (κ3) is 4.14. The van der Waals surface area contributed by atoms with Crippen LogP contribution in [0.3, 0.4) is 0 Å². The van der Waals surface area contributed by atoms with Crippen LogP contribution in [0.4, 0.5) is 18.9 Å². The van der Waals surface area contributed by atoms with Crippen LogP contribution in [-0.4, -0.2) is 26.5 Å². The second kappa shape index (κ2) is 7.90. The molecule has 0 aliphatic carbocycles. The number of benzene rings is 2. The number of hydroxylamine groups is 1. The van der Waals surface area contributed by atoms with Crippen LogP contribution in [-0.2, 0) is 12.7 Å². The predicted molar refractivity (Wildman–Crippen MR) is 102 cm³/mol. The molecule has 1 heterocycles. The molecule has 0 bridgehead atoms. The predicted octanol–water partition coefficient (Wildman–Crippen LogP) is 4.57. The van der Waals surface area contributed by atoms with E-state index in [1.807, 2.05) is 0 Å². The van der Waals surface area contributed by atoms with E-state index in [1.54, 1.807) is 6.07 Å². The molecule has 152 valence electrons. The summed E-state index contributed by atoms with van der Waals surface area (Å²) in [6, 6.07) is 8.59. The van der Waals surface area contributed by atoms with Gasteiger partial charge in [0.2, 0.25) is 5.82 Å². The highest BCUT2D eigenvalue weighted by molar-refractivity contribution is 6.40. The van der Waals surface area contributed by atoms with Crippen LogP contribution in [0.2, 0.25) is 10.0 Å². The van der Waals surface area contributed by atoms with Gasteiger partial charge in [-0.2, -0.15) is 13.2 Å². The van der Waals surface area contributed by atoms with Gasteiger partial charge < -0.3 is 9.88 Å². The van der Waals surface area contributed by atoms with Crippen LogP contribution in [0.5, 0.6) is 0 Å². The first kappa shape index (κ1) is 20.9. The second-order valence-corrected chi connectivity index (χ2v) is 6.65. The summed E-state index contributed by atoms with van der Waals surface area (Å²) < 4.78 is 41.0. The largest absolute Gasteiger partial charge is 0.449 e. The van der Waals surface area contributed by atoms with E-state index in [0.29, 0.717) is 4.57 Å². The molecule has 1 amide bonds. The van der Waals surface area contributed by atoms with Gasteiger partial charge in [0.05, 0.1) is 33.4 Å². The van der Waals surface area contributed by atoms with Crippen LogP contribution >= 0.6 is 23.2 Å². The Morgan fingerprint density at radius 2 is 1.79 bits per heavy atom. The fraction of sp³-hybridized carbons (Fsp3) is 0.118. The number of nitrogens with zero attached hydrogens (tertiary/aromatic N) is 2. The fourth-order valence-corrected chi connectivity index (χ4v) is 3.29. The van der Waals surface area contributed by atoms with E-state index in [-0.39, 0.29) is 32.3 Å². The minimum absolute atomic E-state index is 0.000352. The Kier molecular flexibility index (Phi) is 5.69. The number of anilines is 1. The molecule has 3 rings (SSSR count). The van der Waals surface area contributed by atoms with Crippen molar-refractivity contribution in [3.8, 4) is 0 Å². The summed E-state index contributed by atoms with van der Waals surface area (Å²) in [5.74, 6) is -2.59. The molecule has 0 saturated carbocycles. The molecule has 2 aromatic carbocycles. The number of halogens is 5. The summed E-state index contributed by atoms with van der Waals surface area (Å²) in [6.07, 6.45) is -4.83. The van der Waals surface area contributed by atoms with Crippen molar-refractivity contribution >= 4 is 51.7 Å². The minimum atomic E-state index is -4.83. The number of hydrogen-bond donors (Lipinski definition) is 4. The number of carbonyl (C=O) groups is 1. The molecule has 12 heteroatoms. The van der Waals surface area contributed by atoms with Crippen molar-refractivity contribution in [1.29, 1.82) is 5.41 Å². The molecule has 4 N–H and O–H groups in total. The lowest BCUT2D eigenvalue weighted by Crippen LogP contribution is -2.26. The van der Waals surface area contributed by atoms with E-state index in [0.717, 1.165) is 0 Å². The lowest BCUT2D eigenvalue weighted by Gasteiger charge is -2.11. The second-order valence-electron chi connectivity index (χ2n) is 5.83. The highest BCUT2D eigenvalue weighted by atomic mass is 35.5. The molecule has 0 radical (unpaired) electrons. The third-order valence-electron chi connectivity index (χ3n) is 3.92. The number of amidine groups is 1. The van der Waals surface area contributed by atoms with Gasteiger partial charge in [-0.3, -0.25) is 20.9 Å². The first-order chi connectivity index (χ1) is 13.6. The maximum Gasteiger partial charge on any atom is 0.449 e.